The number of hydrogen-bond donors (Lipinski definition) is 2. The minimum atomic E-state index is -0.250. The molecule has 2 saturated heterocycles. The summed E-state index contributed by atoms with van der Waals surface area (Å²) in [7, 11) is 5.74. The Labute approximate surface area is 286 Å². The van der Waals surface area contributed by atoms with E-state index < -0.39 is 0 Å². The highest BCUT2D eigenvalue weighted by atomic mass is 16.2. The fraction of sp³-hybridized carbons (Fsp3) is 0.459. The van der Waals surface area contributed by atoms with Crippen molar-refractivity contribution in [2.24, 2.45) is 0 Å². The number of aromatic nitrogens is 4. The highest BCUT2D eigenvalue weighted by Crippen LogP contribution is 2.35. The molecular formula is C37H45N9O3. The van der Waals surface area contributed by atoms with E-state index in [0.29, 0.717) is 36.3 Å². The molecule has 12 heteroatoms. The Morgan fingerprint density at radius 3 is 2.37 bits per heavy atom. The molecule has 0 bridgehead atoms. The predicted molar refractivity (Wildman–Crippen MR) is 189 cm³/mol. The third-order valence-corrected chi connectivity index (χ3v) is 10.4. The van der Waals surface area contributed by atoms with Crippen LogP contribution in [0, 0.1) is 0 Å². The molecule has 3 aliphatic rings. The van der Waals surface area contributed by atoms with Gasteiger partial charge in [-0.05, 0) is 68.5 Å². The molecule has 3 amide bonds. The molecule has 3 fully saturated rings. The summed E-state index contributed by atoms with van der Waals surface area (Å²) in [5, 5.41) is 6.59. The monoisotopic (exact) mass is 663 g/mol. The number of amides is 3. The molecule has 5 heterocycles. The first-order valence-electron chi connectivity index (χ1n) is 17.4. The zero-order valence-electron chi connectivity index (χ0n) is 28.6. The third-order valence-electron chi connectivity index (χ3n) is 10.4. The molecule has 0 spiro atoms. The SMILES string of the molecule is CN(C)C(=O)c1cc2cnc(Nc3ccc(N4CCC(N(C)Cc5ccc(C6CCC(=O)NC6=O)cc5)CC4)cn3)nc2n1C1CCCC1. The van der Waals surface area contributed by atoms with Gasteiger partial charge in [-0.3, -0.25) is 24.6 Å². The van der Waals surface area contributed by atoms with Crippen LogP contribution in [0.5, 0.6) is 0 Å². The maximum absolute atomic E-state index is 13.0. The van der Waals surface area contributed by atoms with Gasteiger partial charge in [0.2, 0.25) is 17.8 Å². The van der Waals surface area contributed by atoms with Gasteiger partial charge < -0.3 is 19.7 Å². The second-order valence-electron chi connectivity index (χ2n) is 13.9. The minimum Gasteiger partial charge on any atom is -0.370 e. The molecule has 12 nitrogen and oxygen atoms in total. The van der Waals surface area contributed by atoms with Crippen molar-refractivity contribution in [1.29, 1.82) is 0 Å². The van der Waals surface area contributed by atoms with E-state index in [0.717, 1.165) is 80.4 Å². The van der Waals surface area contributed by atoms with Gasteiger partial charge in [-0.2, -0.15) is 4.98 Å². The third kappa shape index (κ3) is 7.01. The van der Waals surface area contributed by atoms with Crippen LogP contribution in [0.4, 0.5) is 17.5 Å². The maximum Gasteiger partial charge on any atom is 0.270 e. The quantitative estimate of drug-likeness (QED) is 0.238. The Morgan fingerprint density at radius 1 is 0.939 bits per heavy atom. The molecule has 2 N–H and O–H groups in total. The van der Waals surface area contributed by atoms with Gasteiger partial charge in [0.1, 0.15) is 17.2 Å². The lowest BCUT2D eigenvalue weighted by Crippen LogP contribution is -2.43. The van der Waals surface area contributed by atoms with Crippen LogP contribution in [-0.4, -0.2) is 87.3 Å². The molecule has 256 valence electrons. The van der Waals surface area contributed by atoms with Crippen LogP contribution in [-0.2, 0) is 16.1 Å². The van der Waals surface area contributed by atoms with Crippen LogP contribution >= 0.6 is 0 Å². The van der Waals surface area contributed by atoms with Gasteiger partial charge in [0.15, 0.2) is 0 Å². The molecule has 4 aromatic rings. The normalized spacial score (nSPS) is 19.1. The van der Waals surface area contributed by atoms with Crippen molar-refractivity contribution in [2.45, 2.75) is 75.9 Å². The lowest BCUT2D eigenvalue weighted by atomic mass is 9.90. The summed E-state index contributed by atoms with van der Waals surface area (Å²) in [4.78, 5) is 57.3. The van der Waals surface area contributed by atoms with E-state index in [2.05, 4.69) is 55.2 Å². The van der Waals surface area contributed by atoms with Crippen LogP contribution in [0.15, 0.2) is 54.9 Å². The zero-order valence-corrected chi connectivity index (χ0v) is 28.6. The van der Waals surface area contributed by atoms with E-state index in [9.17, 15) is 14.4 Å². The number of anilines is 3. The number of pyridine rings is 1. The van der Waals surface area contributed by atoms with E-state index in [1.165, 1.54) is 5.56 Å². The second kappa shape index (κ2) is 13.9. The Kier molecular flexibility index (Phi) is 9.31. The average molecular weight is 664 g/mol. The molecule has 49 heavy (non-hydrogen) atoms. The molecule has 1 unspecified atom stereocenters. The molecule has 1 atom stereocenters. The Morgan fingerprint density at radius 2 is 1.69 bits per heavy atom. The van der Waals surface area contributed by atoms with Crippen molar-refractivity contribution in [1.82, 2.24) is 34.6 Å². The first-order valence-corrected chi connectivity index (χ1v) is 17.4. The van der Waals surface area contributed by atoms with Crippen LogP contribution < -0.4 is 15.5 Å². The van der Waals surface area contributed by atoms with E-state index in [1.54, 1.807) is 25.2 Å². The predicted octanol–water partition coefficient (Wildman–Crippen LogP) is 5.01. The van der Waals surface area contributed by atoms with Gasteiger partial charge >= 0.3 is 0 Å². The molecule has 1 saturated carbocycles. The van der Waals surface area contributed by atoms with Crippen molar-refractivity contribution >= 4 is 46.2 Å². The highest BCUT2D eigenvalue weighted by Gasteiger charge is 2.29. The summed E-state index contributed by atoms with van der Waals surface area (Å²) in [6.07, 6.45) is 11.2. The number of nitrogens with one attached hydrogen (secondary N) is 2. The largest absolute Gasteiger partial charge is 0.370 e. The molecule has 3 aromatic heterocycles. The minimum absolute atomic E-state index is 0.0225. The van der Waals surface area contributed by atoms with E-state index in [-0.39, 0.29) is 29.7 Å². The summed E-state index contributed by atoms with van der Waals surface area (Å²) in [6.45, 7) is 2.74. The number of carbonyl (C=O) groups excluding carboxylic acids is 3. The number of fused-ring (bicyclic) bond motifs is 1. The first-order chi connectivity index (χ1) is 23.7. The molecule has 1 aliphatic carbocycles. The summed E-state index contributed by atoms with van der Waals surface area (Å²) in [6, 6.07) is 15.0. The molecular weight excluding hydrogens is 618 g/mol. The van der Waals surface area contributed by atoms with Crippen molar-refractivity contribution in [3.8, 4) is 0 Å². The van der Waals surface area contributed by atoms with Crippen LogP contribution in [0.3, 0.4) is 0 Å². The fourth-order valence-corrected chi connectivity index (χ4v) is 7.60. The number of imide groups is 1. The summed E-state index contributed by atoms with van der Waals surface area (Å²) in [5.74, 6) is 0.481. The highest BCUT2D eigenvalue weighted by molar-refractivity contribution is 6.01. The number of nitrogens with zero attached hydrogens (tertiary/aromatic N) is 7. The topological polar surface area (TPSA) is 129 Å². The lowest BCUT2D eigenvalue weighted by Gasteiger charge is -2.37. The van der Waals surface area contributed by atoms with E-state index >= 15 is 0 Å². The standard InChI is InChI=1S/C37H45N9O3/c1-43(2)36(49)31-20-26-21-39-37(42-34(26)46(31)28-6-4-5-7-28)40-32-14-12-29(22-38-32)45-18-16-27(17-19-45)44(3)23-24-8-10-25(11-9-24)30-13-15-33(47)41-35(30)48/h8-12,14,20-22,27-28,30H,4-7,13,15-19,23H2,1-3H3,(H,41,47,48)(H,38,39,40,42). The zero-order chi connectivity index (χ0) is 34.1. The number of benzene rings is 1. The van der Waals surface area contributed by atoms with Crippen molar-refractivity contribution < 1.29 is 14.4 Å². The van der Waals surface area contributed by atoms with Crippen molar-refractivity contribution in [3.63, 3.8) is 0 Å². The number of piperidine rings is 2. The van der Waals surface area contributed by atoms with Crippen LogP contribution in [0.1, 0.15) is 84.9 Å². The fourth-order valence-electron chi connectivity index (χ4n) is 7.60. The van der Waals surface area contributed by atoms with Gasteiger partial charge in [0.25, 0.3) is 5.91 Å². The van der Waals surface area contributed by atoms with Gasteiger partial charge in [-0.25, -0.2) is 9.97 Å². The Bertz CT molecular complexity index is 1820. The Balaban J connectivity index is 0.945. The summed E-state index contributed by atoms with van der Waals surface area (Å²) in [5.41, 5.74) is 4.72. The smallest absolute Gasteiger partial charge is 0.270 e. The van der Waals surface area contributed by atoms with E-state index in [4.69, 9.17) is 9.97 Å². The number of carbonyl (C=O) groups is 3. The molecule has 0 radical (unpaired) electrons. The lowest BCUT2D eigenvalue weighted by molar-refractivity contribution is -0.134. The summed E-state index contributed by atoms with van der Waals surface area (Å²) >= 11 is 0. The van der Waals surface area contributed by atoms with Crippen LogP contribution in [0.25, 0.3) is 11.0 Å². The molecule has 1 aromatic carbocycles. The number of hydrogen-bond acceptors (Lipinski definition) is 9. The van der Waals surface area contributed by atoms with Gasteiger partial charge in [0, 0.05) is 63.8 Å². The first kappa shape index (κ1) is 32.7. The van der Waals surface area contributed by atoms with Gasteiger partial charge in [-0.15, -0.1) is 0 Å². The molecule has 7 rings (SSSR count). The molecule has 2 aliphatic heterocycles. The number of rotatable bonds is 9. The Hall–Kier alpha value is -4.84. The average Bonchev–Trinajstić information content (AvgIpc) is 3.77. The summed E-state index contributed by atoms with van der Waals surface area (Å²) < 4.78 is 2.12. The van der Waals surface area contributed by atoms with E-state index in [1.807, 2.05) is 30.5 Å². The maximum atomic E-state index is 13.0. The second-order valence-corrected chi connectivity index (χ2v) is 13.9. The van der Waals surface area contributed by atoms with Gasteiger partial charge in [0.05, 0.1) is 17.8 Å². The van der Waals surface area contributed by atoms with Gasteiger partial charge in [-0.1, -0.05) is 37.1 Å². The van der Waals surface area contributed by atoms with Crippen molar-refractivity contribution in [3.05, 3.63) is 71.7 Å². The van der Waals surface area contributed by atoms with Crippen LogP contribution in [0.2, 0.25) is 0 Å². The van der Waals surface area contributed by atoms with Crippen molar-refractivity contribution in [2.75, 3.05) is 44.4 Å².